The fourth-order valence-electron chi connectivity index (χ4n) is 2.89. The molecule has 3 rings (SSSR count). The third-order valence-electron chi connectivity index (χ3n) is 4.50. The molecule has 6 heteroatoms. The molecule has 1 N–H and O–H groups in total. The van der Waals surface area contributed by atoms with Crippen LogP contribution < -0.4 is 15.0 Å². The minimum atomic E-state index is 0.217. The molecule has 1 amide bonds. The van der Waals surface area contributed by atoms with E-state index in [1.807, 2.05) is 6.07 Å². The van der Waals surface area contributed by atoms with Crippen LogP contribution >= 0.6 is 0 Å². The van der Waals surface area contributed by atoms with E-state index in [9.17, 15) is 4.79 Å². The molecule has 0 bridgehead atoms. The van der Waals surface area contributed by atoms with E-state index in [4.69, 9.17) is 4.74 Å². The molecule has 2 aliphatic rings. The number of carbonyl (C=O) groups is 1. The molecule has 1 aliphatic heterocycles. The summed E-state index contributed by atoms with van der Waals surface area (Å²) in [5.74, 6) is 2.36. The Labute approximate surface area is 131 Å². The molecule has 2 fully saturated rings. The van der Waals surface area contributed by atoms with Crippen LogP contribution in [0, 0.1) is 11.8 Å². The van der Waals surface area contributed by atoms with Crippen molar-refractivity contribution in [3.05, 3.63) is 12.3 Å². The summed E-state index contributed by atoms with van der Waals surface area (Å²) in [4.78, 5) is 22.6. The van der Waals surface area contributed by atoms with E-state index in [1.54, 1.807) is 13.3 Å². The first kappa shape index (κ1) is 15.1. The third kappa shape index (κ3) is 4.08. The van der Waals surface area contributed by atoms with Gasteiger partial charge in [0, 0.05) is 32.3 Å². The van der Waals surface area contributed by atoms with Crippen LogP contribution in [-0.2, 0) is 4.79 Å². The van der Waals surface area contributed by atoms with Gasteiger partial charge in [0.05, 0.1) is 7.11 Å². The Hall–Kier alpha value is -1.85. The van der Waals surface area contributed by atoms with Crippen molar-refractivity contribution in [2.45, 2.75) is 32.1 Å². The van der Waals surface area contributed by atoms with E-state index in [0.29, 0.717) is 18.3 Å². The maximum absolute atomic E-state index is 11.9. The summed E-state index contributed by atoms with van der Waals surface area (Å²) in [6.07, 6.45) is 7.00. The van der Waals surface area contributed by atoms with Crippen LogP contribution in [0.2, 0.25) is 0 Å². The predicted octanol–water partition coefficient (Wildman–Crippen LogP) is 1.62. The highest BCUT2D eigenvalue weighted by atomic mass is 16.5. The van der Waals surface area contributed by atoms with Crippen LogP contribution in [0.1, 0.15) is 32.1 Å². The molecular formula is C16H24N4O2. The number of anilines is 1. The summed E-state index contributed by atoms with van der Waals surface area (Å²) in [6.45, 7) is 2.74. The zero-order valence-corrected chi connectivity index (χ0v) is 13.1. The van der Waals surface area contributed by atoms with Gasteiger partial charge in [-0.25, -0.2) is 4.98 Å². The molecule has 1 saturated heterocycles. The van der Waals surface area contributed by atoms with Gasteiger partial charge < -0.3 is 15.0 Å². The largest absolute Gasteiger partial charge is 0.467 e. The molecule has 0 unspecified atom stereocenters. The van der Waals surface area contributed by atoms with E-state index in [1.165, 1.54) is 12.8 Å². The Kier molecular flexibility index (Phi) is 4.75. The number of piperidine rings is 1. The fraction of sp³-hybridized carbons (Fsp3) is 0.688. The molecule has 1 aliphatic carbocycles. The van der Waals surface area contributed by atoms with Crippen molar-refractivity contribution < 1.29 is 9.53 Å². The molecule has 1 aromatic heterocycles. The smallest absolute Gasteiger partial charge is 0.318 e. The zero-order chi connectivity index (χ0) is 15.4. The number of hydrogen-bond acceptors (Lipinski definition) is 5. The topological polar surface area (TPSA) is 67.3 Å². The van der Waals surface area contributed by atoms with Crippen molar-refractivity contribution >= 4 is 11.7 Å². The van der Waals surface area contributed by atoms with Gasteiger partial charge in [-0.1, -0.05) is 0 Å². The normalized spacial score (nSPS) is 19.0. The first-order valence-electron chi connectivity index (χ1n) is 8.13. The van der Waals surface area contributed by atoms with Crippen LogP contribution in [0.25, 0.3) is 0 Å². The van der Waals surface area contributed by atoms with Crippen LogP contribution in [0.15, 0.2) is 12.3 Å². The van der Waals surface area contributed by atoms with Gasteiger partial charge in [-0.05, 0) is 43.6 Å². The maximum Gasteiger partial charge on any atom is 0.318 e. The first-order chi connectivity index (χ1) is 10.7. The monoisotopic (exact) mass is 304 g/mol. The molecule has 6 nitrogen and oxygen atoms in total. The summed E-state index contributed by atoms with van der Waals surface area (Å²) in [7, 11) is 1.57. The highest BCUT2D eigenvalue weighted by Gasteiger charge is 2.25. The lowest BCUT2D eigenvalue weighted by molar-refractivity contribution is -0.122. The second kappa shape index (κ2) is 6.94. The van der Waals surface area contributed by atoms with Crippen molar-refractivity contribution in [2.24, 2.45) is 11.8 Å². The summed E-state index contributed by atoms with van der Waals surface area (Å²) < 4.78 is 5.07. The zero-order valence-electron chi connectivity index (χ0n) is 13.1. The minimum Gasteiger partial charge on any atom is -0.467 e. The van der Waals surface area contributed by atoms with Crippen LogP contribution in [-0.4, -0.2) is 42.6 Å². The average Bonchev–Trinajstić information content (AvgIpc) is 3.38. The number of hydrogen-bond donors (Lipinski definition) is 1. The molecule has 2 heterocycles. The molecule has 0 spiro atoms. The number of aromatic nitrogens is 2. The molecule has 1 aromatic rings. The number of carbonyl (C=O) groups excluding carboxylic acids is 1. The van der Waals surface area contributed by atoms with E-state index in [-0.39, 0.29) is 5.91 Å². The van der Waals surface area contributed by atoms with Gasteiger partial charge in [-0.2, -0.15) is 4.98 Å². The molecule has 120 valence electrons. The average molecular weight is 304 g/mol. The number of nitrogens with one attached hydrogen (secondary N) is 1. The highest BCUT2D eigenvalue weighted by molar-refractivity contribution is 5.76. The van der Waals surface area contributed by atoms with Crippen molar-refractivity contribution in [1.29, 1.82) is 0 Å². The van der Waals surface area contributed by atoms with Gasteiger partial charge in [-0.15, -0.1) is 0 Å². The van der Waals surface area contributed by atoms with E-state index in [0.717, 1.165) is 44.2 Å². The lowest BCUT2D eigenvalue weighted by atomic mass is 9.93. The lowest BCUT2D eigenvalue weighted by Gasteiger charge is -2.32. The Morgan fingerprint density at radius 3 is 2.77 bits per heavy atom. The van der Waals surface area contributed by atoms with E-state index in [2.05, 4.69) is 20.2 Å². The Morgan fingerprint density at radius 1 is 1.32 bits per heavy atom. The molecule has 22 heavy (non-hydrogen) atoms. The number of rotatable bonds is 6. The van der Waals surface area contributed by atoms with Crippen molar-refractivity contribution in [2.75, 3.05) is 31.6 Å². The number of nitrogens with zero attached hydrogens (tertiary/aromatic N) is 3. The second-order valence-electron chi connectivity index (χ2n) is 6.28. The molecular weight excluding hydrogens is 280 g/mol. The number of amides is 1. The van der Waals surface area contributed by atoms with Crippen molar-refractivity contribution in [1.82, 2.24) is 15.3 Å². The maximum atomic E-state index is 11.9. The number of ether oxygens (including phenoxy) is 1. The van der Waals surface area contributed by atoms with Gasteiger partial charge in [0.15, 0.2) is 0 Å². The SMILES string of the molecule is COc1nccc(N2CCC(CC(=O)NCC3CC3)CC2)n1. The quantitative estimate of drug-likeness (QED) is 0.865. The van der Waals surface area contributed by atoms with Gasteiger partial charge in [0.2, 0.25) is 5.91 Å². The molecule has 1 saturated carbocycles. The van der Waals surface area contributed by atoms with Crippen molar-refractivity contribution in [3.63, 3.8) is 0 Å². The summed E-state index contributed by atoms with van der Waals surface area (Å²) in [5, 5.41) is 3.06. The van der Waals surface area contributed by atoms with E-state index >= 15 is 0 Å². The molecule has 0 atom stereocenters. The van der Waals surface area contributed by atoms with Crippen LogP contribution in [0.5, 0.6) is 6.01 Å². The summed E-state index contributed by atoms with van der Waals surface area (Å²) >= 11 is 0. The Bertz CT molecular complexity index is 511. The standard InChI is InChI=1S/C16H24N4O2/c1-22-16-17-7-4-14(19-16)20-8-5-12(6-9-20)10-15(21)18-11-13-2-3-13/h4,7,12-13H,2-3,5-6,8-11H2,1H3,(H,18,21). The minimum absolute atomic E-state index is 0.217. The number of methoxy groups -OCH3 is 1. The first-order valence-corrected chi connectivity index (χ1v) is 8.13. The Morgan fingerprint density at radius 2 is 2.09 bits per heavy atom. The van der Waals surface area contributed by atoms with Gasteiger partial charge >= 0.3 is 6.01 Å². The predicted molar refractivity (Wildman–Crippen MR) is 83.9 cm³/mol. The molecule has 0 radical (unpaired) electrons. The van der Waals surface area contributed by atoms with Gasteiger partial charge in [-0.3, -0.25) is 4.79 Å². The van der Waals surface area contributed by atoms with Gasteiger partial charge in [0.25, 0.3) is 0 Å². The van der Waals surface area contributed by atoms with Crippen molar-refractivity contribution in [3.8, 4) is 6.01 Å². The summed E-state index contributed by atoms with van der Waals surface area (Å²) in [5.41, 5.74) is 0. The summed E-state index contributed by atoms with van der Waals surface area (Å²) in [6, 6.07) is 2.31. The lowest BCUT2D eigenvalue weighted by Crippen LogP contribution is -2.36. The highest BCUT2D eigenvalue weighted by Crippen LogP contribution is 2.28. The van der Waals surface area contributed by atoms with Crippen LogP contribution in [0.4, 0.5) is 5.82 Å². The molecule has 0 aromatic carbocycles. The van der Waals surface area contributed by atoms with Gasteiger partial charge in [0.1, 0.15) is 5.82 Å². The second-order valence-corrected chi connectivity index (χ2v) is 6.28. The van der Waals surface area contributed by atoms with Crippen LogP contribution in [0.3, 0.4) is 0 Å². The van der Waals surface area contributed by atoms with E-state index < -0.39 is 0 Å². The fourth-order valence-corrected chi connectivity index (χ4v) is 2.89. The Balaban J connectivity index is 1.44. The third-order valence-corrected chi connectivity index (χ3v) is 4.50.